The van der Waals surface area contributed by atoms with Crippen LogP contribution >= 0.6 is 0 Å². The molecule has 0 radical (unpaired) electrons. The van der Waals surface area contributed by atoms with Crippen LogP contribution in [0.15, 0.2) is 0 Å². The van der Waals surface area contributed by atoms with Crippen LogP contribution in [0, 0.1) is 0 Å². The van der Waals surface area contributed by atoms with Gasteiger partial charge in [0.05, 0.1) is 6.61 Å². The molecule has 0 unspecified atom stereocenters. The van der Waals surface area contributed by atoms with Crippen molar-refractivity contribution in [2.75, 3.05) is 13.2 Å². The average molecular weight is 333 g/mol. The third-order valence-corrected chi connectivity index (χ3v) is 4.00. The van der Waals surface area contributed by atoms with Crippen molar-refractivity contribution in [3.8, 4) is 0 Å². The number of nitrogens with one attached hydrogen (secondary N) is 1. The van der Waals surface area contributed by atoms with Gasteiger partial charge in [-0.1, -0.05) is 64.7 Å². The molecular weight excluding hydrogens is 298 g/mol. The number of hydrogen-bond acceptors (Lipinski definition) is 5. The van der Waals surface area contributed by atoms with Crippen LogP contribution in [0.4, 0.5) is 0 Å². The van der Waals surface area contributed by atoms with Gasteiger partial charge in [0.1, 0.15) is 12.2 Å². The van der Waals surface area contributed by atoms with E-state index in [1.165, 1.54) is 44.9 Å². The Morgan fingerprint density at radius 1 is 0.870 bits per heavy atom. The number of unbranched alkanes of at least 4 members (excludes halogenated alkanes) is 9. The molecule has 1 amide bonds. The maximum atomic E-state index is 11.6. The molecule has 0 aliphatic carbocycles. The summed E-state index contributed by atoms with van der Waals surface area (Å²) in [5, 5.41) is 39.3. The fraction of sp³-hybridized carbons (Fsp3) is 0.941. The molecule has 0 spiro atoms. The fourth-order valence-corrected chi connectivity index (χ4v) is 2.40. The number of rotatable bonds is 15. The molecule has 0 aromatic carbocycles. The smallest absolute Gasteiger partial charge is 0.251 e. The summed E-state index contributed by atoms with van der Waals surface area (Å²) in [6.07, 6.45) is 7.11. The standard InChI is InChI=1S/C17H35NO5/c1-2-3-4-5-6-7-8-9-10-11-12-18-17(23)16(22)15(21)14(20)13-19/h14-16,19-22H,2-13H2,1H3,(H,18,23)/t14-,15+,16-/m1/s1. The zero-order valence-electron chi connectivity index (χ0n) is 14.4. The number of aliphatic hydroxyl groups excluding tert-OH is 4. The van der Waals surface area contributed by atoms with Crippen LogP contribution in [0.3, 0.4) is 0 Å². The van der Waals surface area contributed by atoms with Gasteiger partial charge < -0.3 is 25.7 Å². The van der Waals surface area contributed by atoms with Gasteiger partial charge in [-0.2, -0.15) is 0 Å². The van der Waals surface area contributed by atoms with E-state index in [2.05, 4.69) is 12.2 Å². The lowest BCUT2D eigenvalue weighted by Gasteiger charge is -2.20. The molecule has 0 aromatic rings. The predicted octanol–water partition coefficient (Wildman–Crippen LogP) is 1.10. The van der Waals surface area contributed by atoms with E-state index < -0.39 is 30.8 Å². The quantitative estimate of drug-likeness (QED) is 0.288. The van der Waals surface area contributed by atoms with Crippen molar-refractivity contribution in [2.45, 2.75) is 89.4 Å². The van der Waals surface area contributed by atoms with E-state index in [0.717, 1.165) is 19.3 Å². The zero-order chi connectivity index (χ0) is 17.5. The minimum absolute atomic E-state index is 0.439. The second kappa shape index (κ2) is 14.9. The first-order valence-electron chi connectivity index (χ1n) is 8.97. The lowest BCUT2D eigenvalue weighted by molar-refractivity contribution is -0.142. The van der Waals surface area contributed by atoms with Gasteiger partial charge in [-0.3, -0.25) is 4.79 Å². The first-order chi connectivity index (χ1) is 11.0. The largest absolute Gasteiger partial charge is 0.394 e. The van der Waals surface area contributed by atoms with Crippen LogP contribution in [-0.4, -0.2) is 57.8 Å². The number of hydrogen-bond donors (Lipinski definition) is 5. The second-order valence-corrected chi connectivity index (χ2v) is 6.16. The molecule has 0 fully saturated rings. The van der Waals surface area contributed by atoms with Gasteiger partial charge in [0.2, 0.25) is 0 Å². The third-order valence-electron chi connectivity index (χ3n) is 4.00. The normalized spacial score (nSPS) is 15.2. The van der Waals surface area contributed by atoms with Gasteiger partial charge in [-0.15, -0.1) is 0 Å². The predicted molar refractivity (Wildman–Crippen MR) is 90.0 cm³/mol. The Labute approximate surface area is 139 Å². The molecule has 6 nitrogen and oxygen atoms in total. The van der Waals surface area contributed by atoms with Gasteiger partial charge in [-0.05, 0) is 6.42 Å². The summed E-state index contributed by atoms with van der Waals surface area (Å²) < 4.78 is 0. The summed E-state index contributed by atoms with van der Waals surface area (Å²) >= 11 is 0. The van der Waals surface area contributed by atoms with Crippen LogP contribution in [0.25, 0.3) is 0 Å². The molecule has 138 valence electrons. The maximum absolute atomic E-state index is 11.6. The van der Waals surface area contributed by atoms with Crippen molar-refractivity contribution in [2.24, 2.45) is 0 Å². The highest BCUT2D eigenvalue weighted by Gasteiger charge is 2.29. The average Bonchev–Trinajstić information content (AvgIpc) is 2.57. The molecule has 0 aliphatic rings. The van der Waals surface area contributed by atoms with Gasteiger partial charge in [0.15, 0.2) is 6.10 Å². The minimum Gasteiger partial charge on any atom is -0.394 e. The summed E-state index contributed by atoms with van der Waals surface area (Å²) in [5.41, 5.74) is 0. The Hall–Kier alpha value is -0.690. The number of carbonyl (C=O) groups excluding carboxylic acids is 1. The van der Waals surface area contributed by atoms with E-state index in [0.29, 0.717) is 6.54 Å². The number of amides is 1. The first-order valence-corrected chi connectivity index (χ1v) is 8.97. The Balaban J connectivity index is 3.48. The van der Waals surface area contributed by atoms with E-state index >= 15 is 0 Å². The lowest BCUT2D eigenvalue weighted by Crippen LogP contribution is -2.48. The molecule has 0 aliphatic heterocycles. The Morgan fingerprint density at radius 2 is 1.35 bits per heavy atom. The maximum Gasteiger partial charge on any atom is 0.251 e. The van der Waals surface area contributed by atoms with E-state index in [4.69, 9.17) is 10.2 Å². The minimum atomic E-state index is -1.72. The Kier molecular flexibility index (Phi) is 14.4. The third kappa shape index (κ3) is 11.5. The van der Waals surface area contributed by atoms with Gasteiger partial charge in [0, 0.05) is 6.54 Å². The van der Waals surface area contributed by atoms with Crippen LogP contribution in [0.2, 0.25) is 0 Å². The van der Waals surface area contributed by atoms with Crippen molar-refractivity contribution >= 4 is 5.91 Å². The molecule has 6 heteroatoms. The molecule has 0 heterocycles. The lowest BCUT2D eigenvalue weighted by atomic mass is 10.1. The molecule has 5 N–H and O–H groups in total. The molecule has 0 saturated heterocycles. The zero-order valence-corrected chi connectivity index (χ0v) is 14.4. The monoisotopic (exact) mass is 333 g/mol. The van der Waals surface area contributed by atoms with E-state index in [9.17, 15) is 15.0 Å². The summed E-state index contributed by atoms with van der Waals surface area (Å²) in [6, 6.07) is 0. The molecule has 0 rings (SSSR count). The Morgan fingerprint density at radius 3 is 1.83 bits per heavy atom. The molecule has 0 bridgehead atoms. The SMILES string of the molecule is CCCCCCCCCCCCNC(=O)[C@H](O)[C@@H](O)[C@H](O)CO. The van der Waals surface area contributed by atoms with Gasteiger partial charge in [-0.25, -0.2) is 0 Å². The van der Waals surface area contributed by atoms with Crippen molar-refractivity contribution in [3.05, 3.63) is 0 Å². The van der Waals surface area contributed by atoms with Crippen LogP contribution in [0.5, 0.6) is 0 Å². The second-order valence-electron chi connectivity index (χ2n) is 6.16. The van der Waals surface area contributed by atoms with Crippen LogP contribution < -0.4 is 5.32 Å². The van der Waals surface area contributed by atoms with E-state index in [-0.39, 0.29) is 0 Å². The van der Waals surface area contributed by atoms with Crippen molar-refractivity contribution < 1.29 is 25.2 Å². The van der Waals surface area contributed by atoms with Crippen molar-refractivity contribution in [1.82, 2.24) is 5.32 Å². The molecule has 0 saturated carbocycles. The highest BCUT2D eigenvalue weighted by Crippen LogP contribution is 2.10. The fourth-order valence-electron chi connectivity index (χ4n) is 2.40. The summed E-state index contributed by atoms with van der Waals surface area (Å²) in [6.45, 7) is 1.95. The highest BCUT2D eigenvalue weighted by atomic mass is 16.4. The molecular formula is C17H35NO5. The Bertz CT molecular complexity index is 288. The van der Waals surface area contributed by atoms with Gasteiger partial charge in [0.25, 0.3) is 5.91 Å². The molecule has 23 heavy (non-hydrogen) atoms. The van der Waals surface area contributed by atoms with Crippen molar-refractivity contribution in [1.29, 1.82) is 0 Å². The first kappa shape index (κ1) is 22.3. The topological polar surface area (TPSA) is 110 Å². The van der Waals surface area contributed by atoms with E-state index in [1.807, 2.05) is 0 Å². The number of aliphatic hydroxyl groups is 4. The number of carbonyl (C=O) groups is 1. The van der Waals surface area contributed by atoms with Crippen LogP contribution in [-0.2, 0) is 4.79 Å². The summed E-state index contributed by atoms with van der Waals surface area (Å²) in [7, 11) is 0. The summed E-state index contributed by atoms with van der Waals surface area (Å²) in [4.78, 5) is 11.6. The van der Waals surface area contributed by atoms with Gasteiger partial charge >= 0.3 is 0 Å². The molecule has 3 atom stereocenters. The van der Waals surface area contributed by atoms with Crippen molar-refractivity contribution in [3.63, 3.8) is 0 Å². The van der Waals surface area contributed by atoms with Crippen LogP contribution in [0.1, 0.15) is 71.1 Å². The summed E-state index contributed by atoms with van der Waals surface area (Å²) in [5.74, 6) is -0.721. The highest BCUT2D eigenvalue weighted by molar-refractivity contribution is 5.81. The molecule has 0 aromatic heterocycles. The van der Waals surface area contributed by atoms with E-state index in [1.54, 1.807) is 0 Å².